The summed E-state index contributed by atoms with van der Waals surface area (Å²) in [6, 6.07) is 26.8. The van der Waals surface area contributed by atoms with Crippen molar-refractivity contribution in [3.05, 3.63) is 95.1 Å². The maximum atomic E-state index is 2.42. The SMILES string of the molecule is CCc1ccc2c(c1)C(c1ccccc1)Cc1ccccc1-2. The Morgan fingerprint density at radius 1 is 0.818 bits per heavy atom. The molecule has 3 aromatic carbocycles. The van der Waals surface area contributed by atoms with Crippen LogP contribution in [-0.2, 0) is 12.8 Å². The lowest BCUT2D eigenvalue weighted by molar-refractivity contribution is 0.791. The van der Waals surface area contributed by atoms with E-state index in [1.165, 1.54) is 33.4 Å². The average Bonchev–Trinajstić information content (AvgIpc) is 2.61. The first-order valence-electron chi connectivity index (χ1n) is 8.13. The highest BCUT2D eigenvalue weighted by Gasteiger charge is 2.25. The van der Waals surface area contributed by atoms with E-state index in [0.29, 0.717) is 5.92 Å². The molecule has 0 saturated heterocycles. The summed E-state index contributed by atoms with van der Waals surface area (Å²) in [5.41, 5.74) is 8.63. The zero-order valence-electron chi connectivity index (χ0n) is 12.9. The normalized spacial score (nSPS) is 16.0. The molecule has 1 unspecified atom stereocenters. The predicted octanol–water partition coefficient (Wildman–Crippen LogP) is 5.60. The van der Waals surface area contributed by atoms with Crippen molar-refractivity contribution in [3.8, 4) is 11.1 Å². The van der Waals surface area contributed by atoms with Crippen molar-refractivity contribution in [2.24, 2.45) is 0 Å². The summed E-state index contributed by atoms with van der Waals surface area (Å²) in [5.74, 6) is 0.470. The van der Waals surface area contributed by atoms with Crippen molar-refractivity contribution in [2.75, 3.05) is 0 Å². The third-order valence-electron chi connectivity index (χ3n) is 4.83. The molecule has 1 aliphatic rings. The Morgan fingerprint density at radius 2 is 1.59 bits per heavy atom. The molecule has 0 aromatic heterocycles. The van der Waals surface area contributed by atoms with Gasteiger partial charge in [0.25, 0.3) is 0 Å². The van der Waals surface area contributed by atoms with Gasteiger partial charge in [0.2, 0.25) is 0 Å². The number of rotatable bonds is 2. The Morgan fingerprint density at radius 3 is 2.41 bits per heavy atom. The minimum atomic E-state index is 0.470. The number of hydrogen-bond acceptors (Lipinski definition) is 0. The van der Waals surface area contributed by atoms with Gasteiger partial charge >= 0.3 is 0 Å². The monoisotopic (exact) mass is 284 g/mol. The molecule has 4 rings (SSSR count). The number of hydrogen-bond donors (Lipinski definition) is 0. The lowest BCUT2D eigenvalue weighted by Gasteiger charge is -2.29. The standard InChI is InChI=1S/C22H20/c1-2-16-12-13-20-19-11-7-6-10-18(19)15-21(22(20)14-16)17-8-4-3-5-9-17/h3-14,21H,2,15H2,1H3. The molecule has 0 heteroatoms. The molecule has 108 valence electrons. The van der Waals surface area contributed by atoms with Gasteiger partial charge < -0.3 is 0 Å². The fraction of sp³-hybridized carbons (Fsp3) is 0.182. The second-order valence-corrected chi connectivity index (χ2v) is 6.10. The molecule has 0 saturated carbocycles. The zero-order valence-corrected chi connectivity index (χ0v) is 12.9. The van der Waals surface area contributed by atoms with Crippen LogP contribution in [0.25, 0.3) is 11.1 Å². The fourth-order valence-corrected chi connectivity index (χ4v) is 3.64. The molecule has 1 atom stereocenters. The molecule has 0 spiro atoms. The summed E-state index contributed by atoms with van der Waals surface area (Å²) >= 11 is 0. The van der Waals surface area contributed by atoms with Gasteiger partial charge in [-0.05, 0) is 46.2 Å². The number of aryl methyl sites for hydroxylation is 1. The van der Waals surface area contributed by atoms with Gasteiger partial charge in [-0.2, -0.15) is 0 Å². The quantitative estimate of drug-likeness (QED) is 0.574. The van der Waals surface area contributed by atoms with Crippen molar-refractivity contribution < 1.29 is 0 Å². The Hall–Kier alpha value is -2.34. The van der Waals surface area contributed by atoms with Gasteiger partial charge in [0.1, 0.15) is 0 Å². The summed E-state index contributed by atoms with van der Waals surface area (Å²) in [6.07, 6.45) is 2.19. The molecule has 0 heterocycles. The smallest absolute Gasteiger partial charge is 0.0136 e. The van der Waals surface area contributed by atoms with E-state index >= 15 is 0 Å². The minimum Gasteiger partial charge on any atom is -0.0622 e. The van der Waals surface area contributed by atoms with Crippen molar-refractivity contribution in [2.45, 2.75) is 25.7 Å². The molecular formula is C22H20. The predicted molar refractivity (Wildman–Crippen MR) is 93.2 cm³/mol. The molecule has 0 radical (unpaired) electrons. The third-order valence-corrected chi connectivity index (χ3v) is 4.83. The first kappa shape index (κ1) is 13.3. The lowest BCUT2D eigenvalue weighted by atomic mass is 9.75. The van der Waals surface area contributed by atoms with E-state index in [1.807, 2.05) is 0 Å². The van der Waals surface area contributed by atoms with Crippen LogP contribution in [0.2, 0.25) is 0 Å². The van der Waals surface area contributed by atoms with Gasteiger partial charge in [0.15, 0.2) is 0 Å². The third kappa shape index (κ3) is 2.16. The maximum Gasteiger partial charge on any atom is 0.0136 e. The fourth-order valence-electron chi connectivity index (χ4n) is 3.64. The second kappa shape index (κ2) is 5.46. The van der Waals surface area contributed by atoms with E-state index in [4.69, 9.17) is 0 Å². The highest BCUT2D eigenvalue weighted by molar-refractivity contribution is 5.75. The minimum absolute atomic E-state index is 0.470. The van der Waals surface area contributed by atoms with Crippen LogP contribution in [0, 0.1) is 0 Å². The number of benzene rings is 3. The van der Waals surface area contributed by atoms with Crippen molar-refractivity contribution >= 4 is 0 Å². The van der Waals surface area contributed by atoms with Crippen LogP contribution in [0.1, 0.15) is 35.1 Å². The average molecular weight is 284 g/mol. The highest BCUT2D eigenvalue weighted by Crippen LogP contribution is 2.42. The van der Waals surface area contributed by atoms with Gasteiger partial charge in [-0.1, -0.05) is 79.7 Å². The molecule has 3 aromatic rings. The van der Waals surface area contributed by atoms with Crippen LogP contribution in [0.15, 0.2) is 72.8 Å². The van der Waals surface area contributed by atoms with E-state index in [1.54, 1.807) is 0 Å². The molecule has 0 fully saturated rings. The largest absolute Gasteiger partial charge is 0.0622 e. The Balaban J connectivity index is 1.94. The summed E-state index contributed by atoms with van der Waals surface area (Å²) < 4.78 is 0. The Bertz CT molecular complexity index is 799. The van der Waals surface area contributed by atoms with E-state index in [0.717, 1.165) is 12.8 Å². The second-order valence-electron chi connectivity index (χ2n) is 6.10. The summed E-state index contributed by atoms with van der Waals surface area (Å²) in [5, 5.41) is 0. The molecule has 0 nitrogen and oxygen atoms in total. The molecule has 0 bridgehead atoms. The van der Waals surface area contributed by atoms with Gasteiger partial charge in [0.05, 0.1) is 0 Å². The zero-order chi connectivity index (χ0) is 14.9. The van der Waals surface area contributed by atoms with Crippen molar-refractivity contribution in [1.82, 2.24) is 0 Å². The van der Waals surface area contributed by atoms with Crippen molar-refractivity contribution in [3.63, 3.8) is 0 Å². The van der Waals surface area contributed by atoms with E-state index < -0.39 is 0 Å². The van der Waals surface area contributed by atoms with Crippen LogP contribution >= 0.6 is 0 Å². The van der Waals surface area contributed by atoms with E-state index in [9.17, 15) is 0 Å². The van der Waals surface area contributed by atoms with Gasteiger partial charge in [-0.15, -0.1) is 0 Å². The van der Waals surface area contributed by atoms with Gasteiger partial charge in [0, 0.05) is 5.92 Å². The summed E-state index contributed by atoms with van der Waals surface area (Å²) in [4.78, 5) is 0. The van der Waals surface area contributed by atoms with Crippen molar-refractivity contribution in [1.29, 1.82) is 0 Å². The first-order valence-corrected chi connectivity index (χ1v) is 8.13. The first-order chi connectivity index (χ1) is 10.9. The number of fused-ring (bicyclic) bond motifs is 3. The lowest BCUT2D eigenvalue weighted by Crippen LogP contribution is -2.13. The van der Waals surface area contributed by atoms with Crippen LogP contribution in [0.3, 0.4) is 0 Å². The van der Waals surface area contributed by atoms with Gasteiger partial charge in [-0.3, -0.25) is 0 Å². The van der Waals surface area contributed by atoms with Crippen LogP contribution in [0.5, 0.6) is 0 Å². The molecule has 0 aliphatic heterocycles. The molecular weight excluding hydrogens is 264 g/mol. The molecule has 1 aliphatic carbocycles. The summed E-state index contributed by atoms with van der Waals surface area (Å²) in [6.45, 7) is 2.23. The van der Waals surface area contributed by atoms with Crippen LogP contribution in [0.4, 0.5) is 0 Å². The highest BCUT2D eigenvalue weighted by atomic mass is 14.3. The summed E-state index contributed by atoms with van der Waals surface area (Å²) in [7, 11) is 0. The molecule has 0 N–H and O–H groups in total. The van der Waals surface area contributed by atoms with E-state index in [-0.39, 0.29) is 0 Å². The topological polar surface area (TPSA) is 0 Å². The molecule has 22 heavy (non-hydrogen) atoms. The van der Waals surface area contributed by atoms with E-state index in [2.05, 4.69) is 79.7 Å². The Kier molecular flexibility index (Phi) is 3.31. The van der Waals surface area contributed by atoms with Crippen LogP contribution in [-0.4, -0.2) is 0 Å². The maximum absolute atomic E-state index is 2.42. The van der Waals surface area contributed by atoms with Crippen LogP contribution < -0.4 is 0 Å². The molecule has 0 amide bonds. The van der Waals surface area contributed by atoms with Gasteiger partial charge in [-0.25, -0.2) is 0 Å². The Labute approximate surface area is 132 Å².